The SMILES string of the molecule is CC=C=CC1CC(=O)C=CC1=O. The molecule has 2 heteroatoms. The van der Waals surface area contributed by atoms with Gasteiger partial charge in [-0.05, 0) is 31.2 Å². The number of hydrogen-bond acceptors (Lipinski definition) is 2. The zero-order chi connectivity index (χ0) is 8.97. The summed E-state index contributed by atoms with van der Waals surface area (Å²) >= 11 is 0. The highest BCUT2D eigenvalue weighted by Gasteiger charge is 2.19. The molecule has 0 aromatic carbocycles. The summed E-state index contributed by atoms with van der Waals surface area (Å²) < 4.78 is 0. The van der Waals surface area contributed by atoms with E-state index in [-0.39, 0.29) is 23.9 Å². The number of carbonyl (C=O) groups excluding carboxylic acids is 2. The van der Waals surface area contributed by atoms with Crippen LogP contribution in [0.15, 0.2) is 30.0 Å². The van der Waals surface area contributed by atoms with E-state index in [1.54, 1.807) is 12.2 Å². The summed E-state index contributed by atoms with van der Waals surface area (Å²) in [6.45, 7) is 1.82. The van der Waals surface area contributed by atoms with Crippen LogP contribution in [0.2, 0.25) is 0 Å². The van der Waals surface area contributed by atoms with Gasteiger partial charge in [-0.3, -0.25) is 9.59 Å². The van der Waals surface area contributed by atoms with E-state index in [0.29, 0.717) is 0 Å². The Morgan fingerprint density at radius 1 is 1.50 bits per heavy atom. The highest BCUT2D eigenvalue weighted by molar-refractivity contribution is 6.06. The number of rotatable bonds is 1. The van der Waals surface area contributed by atoms with Gasteiger partial charge in [0.05, 0.1) is 5.92 Å². The van der Waals surface area contributed by atoms with E-state index < -0.39 is 0 Å². The Morgan fingerprint density at radius 3 is 2.92 bits per heavy atom. The van der Waals surface area contributed by atoms with Crippen LogP contribution in [0.5, 0.6) is 0 Å². The fourth-order valence-electron chi connectivity index (χ4n) is 1.04. The van der Waals surface area contributed by atoms with Crippen molar-refractivity contribution in [1.82, 2.24) is 0 Å². The first-order valence-electron chi connectivity index (χ1n) is 3.86. The summed E-state index contributed by atoms with van der Waals surface area (Å²) in [4.78, 5) is 22.0. The van der Waals surface area contributed by atoms with Crippen molar-refractivity contribution in [1.29, 1.82) is 0 Å². The molecule has 0 saturated carbocycles. The van der Waals surface area contributed by atoms with Crippen LogP contribution in [0.25, 0.3) is 0 Å². The summed E-state index contributed by atoms with van der Waals surface area (Å²) in [5.41, 5.74) is 2.81. The third kappa shape index (κ3) is 2.04. The standard InChI is InChI=1S/C10H10O2/c1-2-3-4-8-7-9(11)5-6-10(8)12/h2,4-6,8H,7H2,1H3. The maximum atomic E-state index is 11.1. The van der Waals surface area contributed by atoms with Crippen molar-refractivity contribution in [2.45, 2.75) is 13.3 Å². The average Bonchev–Trinajstić information content (AvgIpc) is 2.07. The molecule has 0 aromatic heterocycles. The maximum absolute atomic E-state index is 11.1. The van der Waals surface area contributed by atoms with E-state index in [0.717, 1.165) is 0 Å². The maximum Gasteiger partial charge on any atom is 0.163 e. The molecular weight excluding hydrogens is 152 g/mol. The Morgan fingerprint density at radius 2 is 2.25 bits per heavy atom. The lowest BCUT2D eigenvalue weighted by molar-refractivity contribution is -0.123. The van der Waals surface area contributed by atoms with Crippen molar-refractivity contribution in [3.63, 3.8) is 0 Å². The van der Waals surface area contributed by atoms with E-state index in [2.05, 4.69) is 5.73 Å². The zero-order valence-corrected chi connectivity index (χ0v) is 6.91. The van der Waals surface area contributed by atoms with Crippen LogP contribution in [-0.2, 0) is 9.59 Å². The summed E-state index contributed by atoms with van der Waals surface area (Å²) in [5.74, 6) is -0.295. The van der Waals surface area contributed by atoms with Crippen LogP contribution in [0, 0.1) is 5.92 Å². The van der Waals surface area contributed by atoms with Crippen LogP contribution >= 0.6 is 0 Å². The molecule has 0 aliphatic heterocycles. The molecule has 2 nitrogen and oxygen atoms in total. The normalized spacial score (nSPS) is 21.9. The van der Waals surface area contributed by atoms with Crippen LogP contribution in [0.3, 0.4) is 0 Å². The van der Waals surface area contributed by atoms with Crippen molar-refractivity contribution in [3.8, 4) is 0 Å². The van der Waals surface area contributed by atoms with Gasteiger partial charge >= 0.3 is 0 Å². The van der Waals surface area contributed by atoms with E-state index in [1.807, 2.05) is 6.92 Å². The quantitative estimate of drug-likeness (QED) is 0.546. The molecule has 1 rings (SSSR count). The minimum Gasteiger partial charge on any atom is -0.295 e. The van der Waals surface area contributed by atoms with Crippen molar-refractivity contribution in [3.05, 3.63) is 30.0 Å². The van der Waals surface area contributed by atoms with Gasteiger partial charge in [-0.2, -0.15) is 0 Å². The van der Waals surface area contributed by atoms with Crippen LogP contribution in [0.1, 0.15) is 13.3 Å². The second-order valence-corrected chi connectivity index (χ2v) is 2.63. The zero-order valence-electron chi connectivity index (χ0n) is 6.91. The van der Waals surface area contributed by atoms with Gasteiger partial charge in [0.2, 0.25) is 0 Å². The van der Waals surface area contributed by atoms with Gasteiger partial charge < -0.3 is 0 Å². The number of allylic oxidation sites excluding steroid dienone is 3. The molecule has 0 amide bonds. The smallest absolute Gasteiger partial charge is 0.163 e. The molecule has 1 aliphatic rings. The van der Waals surface area contributed by atoms with Crippen LogP contribution < -0.4 is 0 Å². The lowest BCUT2D eigenvalue weighted by Crippen LogP contribution is -2.17. The Hall–Kier alpha value is -1.40. The van der Waals surface area contributed by atoms with Crippen molar-refractivity contribution in [2.75, 3.05) is 0 Å². The second-order valence-electron chi connectivity index (χ2n) is 2.63. The van der Waals surface area contributed by atoms with Crippen molar-refractivity contribution >= 4 is 11.6 Å². The Bertz CT molecular complexity index is 291. The van der Waals surface area contributed by atoms with E-state index in [9.17, 15) is 9.59 Å². The fraction of sp³-hybridized carbons (Fsp3) is 0.300. The molecule has 0 heterocycles. The molecule has 0 spiro atoms. The minimum atomic E-state index is -0.293. The molecule has 0 fully saturated rings. The van der Waals surface area contributed by atoms with Gasteiger partial charge in [0.15, 0.2) is 11.6 Å². The van der Waals surface area contributed by atoms with E-state index >= 15 is 0 Å². The number of ketones is 2. The van der Waals surface area contributed by atoms with Gasteiger partial charge in [0.1, 0.15) is 0 Å². The van der Waals surface area contributed by atoms with Crippen LogP contribution in [-0.4, -0.2) is 11.6 Å². The molecule has 1 aliphatic carbocycles. The molecular formula is C10H10O2. The highest BCUT2D eigenvalue weighted by Crippen LogP contribution is 2.13. The largest absolute Gasteiger partial charge is 0.295 e. The molecule has 62 valence electrons. The molecule has 0 N–H and O–H groups in total. The third-order valence-electron chi connectivity index (χ3n) is 1.68. The topological polar surface area (TPSA) is 34.1 Å². The van der Waals surface area contributed by atoms with Gasteiger partial charge in [-0.15, -0.1) is 5.73 Å². The van der Waals surface area contributed by atoms with Crippen molar-refractivity contribution in [2.24, 2.45) is 5.92 Å². The number of hydrogen-bond donors (Lipinski definition) is 0. The summed E-state index contributed by atoms with van der Waals surface area (Å²) in [6, 6.07) is 0. The Kier molecular flexibility index (Phi) is 2.78. The first-order chi connectivity index (χ1) is 5.74. The van der Waals surface area contributed by atoms with Crippen LogP contribution in [0.4, 0.5) is 0 Å². The molecule has 12 heavy (non-hydrogen) atoms. The van der Waals surface area contributed by atoms with Gasteiger partial charge in [0, 0.05) is 6.42 Å². The van der Waals surface area contributed by atoms with Gasteiger partial charge in [-0.1, -0.05) is 0 Å². The van der Waals surface area contributed by atoms with E-state index in [4.69, 9.17) is 0 Å². The molecule has 1 atom stereocenters. The molecule has 0 saturated heterocycles. The first kappa shape index (κ1) is 8.69. The van der Waals surface area contributed by atoms with E-state index in [1.165, 1.54) is 12.2 Å². The monoisotopic (exact) mass is 162 g/mol. The van der Waals surface area contributed by atoms with Crippen molar-refractivity contribution < 1.29 is 9.59 Å². The minimum absolute atomic E-state index is 0.00810. The molecule has 1 unspecified atom stereocenters. The molecule has 0 aromatic rings. The Balaban J connectivity index is 2.79. The average molecular weight is 162 g/mol. The summed E-state index contributed by atoms with van der Waals surface area (Å²) in [5, 5.41) is 0. The predicted molar refractivity (Wildman–Crippen MR) is 45.6 cm³/mol. The fourth-order valence-corrected chi connectivity index (χ4v) is 1.04. The predicted octanol–water partition coefficient (Wildman–Crippen LogP) is 1.43. The molecule has 0 bridgehead atoms. The second kappa shape index (κ2) is 3.84. The third-order valence-corrected chi connectivity index (χ3v) is 1.68. The summed E-state index contributed by atoms with van der Waals surface area (Å²) in [7, 11) is 0. The van der Waals surface area contributed by atoms with Gasteiger partial charge in [0.25, 0.3) is 0 Å². The lowest BCUT2D eigenvalue weighted by Gasteiger charge is -2.09. The summed E-state index contributed by atoms with van der Waals surface area (Å²) in [6.07, 6.45) is 6.32. The highest BCUT2D eigenvalue weighted by atomic mass is 16.1. The first-order valence-corrected chi connectivity index (χ1v) is 3.86. The number of carbonyl (C=O) groups is 2. The lowest BCUT2D eigenvalue weighted by atomic mass is 9.92. The van der Waals surface area contributed by atoms with Gasteiger partial charge in [-0.25, -0.2) is 0 Å². The Labute approximate surface area is 71.3 Å². The molecule has 0 radical (unpaired) electrons.